The Morgan fingerprint density at radius 1 is 1.00 bits per heavy atom. The summed E-state index contributed by atoms with van der Waals surface area (Å²) >= 11 is 4.88. The lowest BCUT2D eigenvalue weighted by molar-refractivity contribution is -0.237. The number of nitrogens with two attached hydrogens (primary N) is 1. The maximum Gasteiger partial charge on any atom is 0.330 e. The van der Waals surface area contributed by atoms with Crippen molar-refractivity contribution >= 4 is 43.3 Å². The molecular formula is C19H19F2N7O11P2S-2. The summed E-state index contributed by atoms with van der Waals surface area (Å²) in [7, 11) is -5.43. The molecule has 3 saturated heterocycles. The van der Waals surface area contributed by atoms with Gasteiger partial charge in [-0.2, -0.15) is 0 Å². The van der Waals surface area contributed by atoms with Gasteiger partial charge >= 0.3 is 5.69 Å². The van der Waals surface area contributed by atoms with Crippen molar-refractivity contribution in [2.75, 3.05) is 18.9 Å². The molecular weight excluding hydrogens is 634 g/mol. The SMILES string of the molecule is Nc1ncnc2c1ncn2[C@@H]1O[C@@H]2COP([O-])(=S)O[C@H]3[C@@H](F)[C@H](n4ccc(=O)[nH]c4=O)O[C@@H]3COP(=O)([O-])O[C@@H]1[C@@H]2F. The lowest BCUT2D eigenvalue weighted by atomic mass is 10.1. The number of aromatic nitrogens is 6. The quantitative estimate of drug-likeness (QED) is 0.293. The molecule has 6 heterocycles. The zero-order valence-corrected chi connectivity index (χ0v) is 23.3. The Labute approximate surface area is 237 Å². The minimum absolute atomic E-state index is 0.0187. The van der Waals surface area contributed by atoms with Gasteiger partial charge in [-0.15, -0.1) is 0 Å². The zero-order chi connectivity index (χ0) is 30.0. The Hall–Kier alpha value is -2.55. The van der Waals surface area contributed by atoms with Crippen LogP contribution in [-0.4, -0.2) is 79.0 Å². The summed E-state index contributed by atoms with van der Waals surface area (Å²) in [5.41, 5.74) is 4.11. The number of hydrogen-bond acceptors (Lipinski definition) is 16. The molecule has 2 bridgehead atoms. The lowest BCUT2D eigenvalue weighted by Gasteiger charge is -2.34. The molecule has 23 heteroatoms. The van der Waals surface area contributed by atoms with Crippen molar-refractivity contribution in [1.82, 2.24) is 29.1 Å². The highest BCUT2D eigenvalue weighted by Crippen LogP contribution is 2.51. The van der Waals surface area contributed by atoms with Crippen molar-refractivity contribution in [1.29, 1.82) is 0 Å². The fraction of sp³-hybridized carbons (Fsp3) is 0.526. The largest absolute Gasteiger partial charge is 0.780 e. The number of phosphoric ester groups is 1. The number of alkyl halides is 2. The van der Waals surface area contributed by atoms with E-state index in [4.69, 9.17) is 45.1 Å². The van der Waals surface area contributed by atoms with Gasteiger partial charge < -0.3 is 43.1 Å². The molecule has 228 valence electrons. The second-order valence-corrected chi connectivity index (χ2v) is 13.3. The average molecular weight is 653 g/mol. The second kappa shape index (κ2) is 10.9. The van der Waals surface area contributed by atoms with E-state index in [-0.39, 0.29) is 17.0 Å². The van der Waals surface area contributed by atoms with Crippen LogP contribution in [0.15, 0.2) is 34.5 Å². The van der Waals surface area contributed by atoms with Gasteiger partial charge in [0.05, 0.1) is 19.5 Å². The number of phosphoric acid groups is 1. The molecule has 0 aliphatic carbocycles. The van der Waals surface area contributed by atoms with E-state index >= 15 is 8.78 Å². The number of nitrogens with zero attached hydrogens (tertiary/aromatic N) is 5. The van der Waals surface area contributed by atoms with Crippen LogP contribution in [0.25, 0.3) is 11.2 Å². The first kappa shape index (κ1) is 29.5. The third-order valence-electron chi connectivity index (χ3n) is 6.61. The Kier molecular flexibility index (Phi) is 7.64. The van der Waals surface area contributed by atoms with Crippen LogP contribution >= 0.6 is 14.5 Å². The maximum absolute atomic E-state index is 15.6. The predicted molar refractivity (Wildman–Crippen MR) is 132 cm³/mol. The van der Waals surface area contributed by atoms with Gasteiger partial charge in [0.15, 0.2) is 36.3 Å². The van der Waals surface area contributed by atoms with Crippen LogP contribution in [0.3, 0.4) is 0 Å². The molecule has 3 aromatic rings. The first-order valence-corrected chi connectivity index (χ1v) is 16.0. The summed E-state index contributed by atoms with van der Waals surface area (Å²) in [6.07, 6.45) is -11.8. The Morgan fingerprint density at radius 3 is 2.50 bits per heavy atom. The molecule has 3 fully saturated rings. The highest BCUT2D eigenvalue weighted by Gasteiger charge is 2.52. The summed E-state index contributed by atoms with van der Waals surface area (Å²) in [5, 5.41) is 0. The van der Waals surface area contributed by atoms with Crippen LogP contribution in [0.1, 0.15) is 12.5 Å². The molecule has 0 spiro atoms. The monoisotopic (exact) mass is 653 g/mol. The van der Waals surface area contributed by atoms with Crippen molar-refractivity contribution < 1.29 is 50.7 Å². The predicted octanol–water partition coefficient (Wildman–Crippen LogP) is -1.70. The molecule has 42 heavy (non-hydrogen) atoms. The van der Waals surface area contributed by atoms with E-state index < -0.39 is 88.2 Å². The van der Waals surface area contributed by atoms with Crippen molar-refractivity contribution in [3.8, 4) is 0 Å². The number of fused-ring (bicyclic) bond motifs is 4. The number of anilines is 1. The van der Waals surface area contributed by atoms with E-state index in [1.54, 1.807) is 0 Å². The van der Waals surface area contributed by atoms with Crippen molar-refractivity contribution in [3.63, 3.8) is 0 Å². The van der Waals surface area contributed by atoms with Gasteiger partial charge in [0.1, 0.15) is 43.0 Å². The molecule has 3 aliphatic rings. The van der Waals surface area contributed by atoms with Gasteiger partial charge in [-0.1, -0.05) is 11.8 Å². The number of nitrogens with one attached hydrogen (secondary N) is 1. The minimum atomic E-state index is -5.43. The van der Waals surface area contributed by atoms with Gasteiger partial charge in [-0.25, -0.2) is 28.5 Å². The number of aromatic amines is 1. The fourth-order valence-corrected chi connectivity index (χ4v) is 7.05. The molecule has 10 atom stereocenters. The van der Waals surface area contributed by atoms with E-state index in [2.05, 4.69) is 15.0 Å². The van der Waals surface area contributed by atoms with E-state index in [9.17, 15) is 23.9 Å². The van der Waals surface area contributed by atoms with Gasteiger partial charge in [-0.3, -0.25) is 23.5 Å². The Morgan fingerprint density at radius 2 is 1.74 bits per heavy atom. The lowest BCUT2D eigenvalue weighted by Crippen LogP contribution is -2.37. The minimum Gasteiger partial charge on any atom is -0.780 e. The fourth-order valence-electron chi connectivity index (χ4n) is 4.72. The van der Waals surface area contributed by atoms with Crippen LogP contribution in [0, 0.1) is 0 Å². The molecule has 0 aromatic carbocycles. The number of ether oxygens (including phenoxy) is 2. The molecule has 0 amide bonds. The van der Waals surface area contributed by atoms with Crippen molar-refractivity contribution in [2.24, 2.45) is 0 Å². The van der Waals surface area contributed by atoms with Crippen LogP contribution in [-0.2, 0) is 43.9 Å². The molecule has 0 saturated carbocycles. The first-order valence-electron chi connectivity index (χ1n) is 11.9. The van der Waals surface area contributed by atoms with E-state index in [1.807, 2.05) is 4.98 Å². The highest BCUT2D eigenvalue weighted by atomic mass is 32.5. The Balaban J connectivity index is 1.32. The van der Waals surface area contributed by atoms with Gasteiger partial charge in [0, 0.05) is 12.3 Å². The third-order valence-corrected chi connectivity index (χ3v) is 9.12. The molecule has 3 aliphatic heterocycles. The smallest absolute Gasteiger partial charge is 0.330 e. The number of rotatable bonds is 2. The average Bonchev–Trinajstić information content (AvgIpc) is 3.57. The number of H-pyrrole nitrogens is 1. The number of imidazole rings is 1. The van der Waals surface area contributed by atoms with Gasteiger partial charge in [0.25, 0.3) is 13.4 Å². The normalized spacial score (nSPS) is 39.3. The summed E-state index contributed by atoms with van der Waals surface area (Å²) in [4.78, 5) is 63.3. The number of halogens is 2. The summed E-state index contributed by atoms with van der Waals surface area (Å²) in [6, 6.07) is 0.910. The molecule has 3 N–H and O–H groups in total. The first-order chi connectivity index (χ1) is 19.8. The van der Waals surface area contributed by atoms with E-state index in [0.29, 0.717) is 4.57 Å². The standard InChI is InChI=1S/C19H21F2N7O11P2S/c20-10-7-3-35-41(33,42)39-13-8(37-17(11(13)21)27-2-1-9(29)26-19(27)30)4-34-40(31,32)38-14(10)18(36-7)28-6-25-12-15(22)23-5-24-16(12)28/h1-2,5-8,10-11,13-14,17-18H,3-4H2,(H,31,32)(H,33,42)(H2,22,23,24)(H,26,29,30)/p-2/t7-,8-,10-,11-,13-,14-,17-,18-,41?/m1/s1. The molecule has 3 aromatic heterocycles. The number of nitrogen functional groups attached to an aromatic ring is 1. The van der Waals surface area contributed by atoms with Crippen LogP contribution in [0.2, 0.25) is 0 Å². The van der Waals surface area contributed by atoms with Gasteiger partial charge in [-0.05, 0) is 0 Å². The second-order valence-electron chi connectivity index (χ2n) is 9.25. The van der Waals surface area contributed by atoms with Crippen LogP contribution in [0.5, 0.6) is 0 Å². The molecule has 2 unspecified atom stereocenters. The van der Waals surface area contributed by atoms with Crippen LogP contribution < -0.4 is 26.8 Å². The van der Waals surface area contributed by atoms with E-state index in [0.717, 1.165) is 29.5 Å². The maximum atomic E-state index is 15.6. The summed E-state index contributed by atoms with van der Waals surface area (Å²) in [5.74, 6) is -0.0187. The zero-order valence-electron chi connectivity index (χ0n) is 20.7. The molecule has 18 nitrogen and oxygen atoms in total. The van der Waals surface area contributed by atoms with Crippen molar-refractivity contribution in [3.05, 3.63) is 45.8 Å². The molecule has 0 radical (unpaired) electrons. The van der Waals surface area contributed by atoms with Crippen LogP contribution in [0.4, 0.5) is 14.6 Å². The molecule has 6 rings (SSSR count). The van der Waals surface area contributed by atoms with Gasteiger partial charge in [0.2, 0.25) is 0 Å². The number of hydrogen-bond donors (Lipinski definition) is 2. The summed E-state index contributed by atoms with van der Waals surface area (Å²) in [6.45, 7) is -6.49. The topological polar surface area (TPSA) is 243 Å². The Bertz CT molecular complexity index is 1730. The third kappa shape index (κ3) is 5.46. The highest BCUT2D eigenvalue weighted by molar-refractivity contribution is 8.06. The summed E-state index contributed by atoms with van der Waals surface area (Å²) < 4.78 is 77.2. The van der Waals surface area contributed by atoms with E-state index in [1.165, 1.54) is 0 Å². The van der Waals surface area contributed by atoms with Crippen molar-refractivity contribution in [2.45, 2.75) is 49.2 Å².